The lowest BCUT2D eigenvalue weighted by Crippen LogP contribution is -2.19. The molecule has 27 heavy (non-hydrogen) atoms. The topological polar surface area (TPSA) is 51.5 Å². The Morgan fingerprint density at radius 3 is 2.30 bits per heavy atom. The summed E-state index contributed by atoms with van der Waals surface area (Å²) in [5.74, 6) is -0.151. The number of benzene rings is 3. The molecule has 0 saturated heterocycles. The predicted molar refractivity (Wildman–Crippen MR) is 105 cm³/mol. The molecular weight excluding hydrogens is 338 g/mol. The number of fused-ring (bicyclic) bond motifs is 1. The van der Waals surface area contributed by atoms with Crippen molar-refractivity contribution in [3.05, 3.63) is 102 Å². The number of aliphatic carboxylic acids is 1. The van der Waals surface area contributed by atoms with Gasteiger partial charge in [-0.25, -0.2) is 4.79 Å². The molecule has 1 atom stereocenters. The molecular formula is C23H19NO3. The van der Waals surface area contributed by atoms with E-state index in [4.69, 9.17) is 4.74 Å². The molecule has 134 valence electrons. The van der Waals surface area contributed by atoms with Crippen LogP contribution >= 0.6 is 0 Å². The van der Waals surface area contributed by atoms with Crippen LogP contribution < -0.4 is 4.74 Å². The minimum atomic E-state index is -0.894. The summed E-state index contributed by atoms with van der Waals surface area (Å²) in [5, 5.41) is 10.7. The Morgan fingerprint density at radius 1 is 0.889 bits per heavy atom. The van der Waals surface area contributed by atoms with E-state index in [1.807, 2.05) is 91.1 Å². The van der Waals surface area contributed by atoms with Crippen molar-refractivity contribution in [1.82, 2.24) is 4.57 Å². The third-order valence-corrected chi connectivity index (χ3v) is 4.59. The molecule has 0 aliphatic heterocycles. The number of rotatable bonds is 6. The van der Waals surface area contributed by atoms with Crippen LogP contribution in [0.2, 0.25) is 0 Å². The van der Waals surface area contributed by atoms with Crippen LogP contribution in [0.1, 0.15) is 17.2 Å². The van der Waals surface area contributed by atoms with Crippen LogP contribution in [0.15, 0.2) is 91.1 Å². The fourth-order valence-electron chi connectivity index (χ4n) is 3.30. The summed E-state index contributed by atoms with van der Waals surface area (Å²) in [4.78, 5) is 12.0. The quantitative estimate of drug-likeness (QED) is 0.534. The third-order valence-electron chi connectivity index (χ3n) is 4.59. The molecule has 1 heterocycles. The number of hydrogen-bond donors (Lipinski definition) is 1. The van der Waals surface area contributed by atoms with Gasteiger partial charge in [-0.15, -0.1) is 0 Å². The lowest BCUT2D eigenvalue weighted by molar-refractivity contribution is -0.139. The van der Waals surface area contributed by atoms with Crippen molar-refractivity contribution in [2.45, 2.75) is 12.6 Å². The fraction of sp³-hybridized carbons (Fsp3) is 0.0870. The van der Waals surface area contributed by atoms with Gasteiger partial charge in [-0.2, -0.15) is 0 Å². The Bertz CT molecular complexity index is 1050. The standard InChI is InChI=1S/C23H19NO3/c25-23(26)22(18-10-5-2-6-11-18)24-15-14-19-20(24)12-7-13-21(19)27-16-17-8-3-1-4-9-17/h1-15,22H,16H2,(H,25,26). The number of hydrogen-bond acceptors (Lipinski definition) is 2. The Kier molecular flexibility index (Phi) is 4.62. The molecule has 4 rings (SSSR count). The van der Waals surface area contributed by atoms with Gasteiger partial charge < -0.3 is 14.4 Å². The highest BCUT2D eigenvalue weighted by Gasteiger charge is 2.23. The van der Waals surface area contributed by atoms with E-state index in [2.05, 4.69) is 0 Å². The highest BCUT2D eigenvalue weighted by Crippen LogP contribution is 2.31. The molecule has 4 nitrogen and oxygen atoms in total. The number of carbonyl (C=O) groups is 1. The van der Waals surface area contributed by atoms with E-state index < -0.39 is 12.0 Å². The van der Waals surface area contributed by atoms with E-state index in [9.17, 15) is 9.90 Å². The number of carboxylic acids is 1. The second kappa shape index (κ2) is 7.38. The molecule has 1 unspecified atom stereocenters. The minimum Gasteiger partial charge on any atom is -0.488 e. The van der Waals surface area contributed by atoms with Gasteiger partial charge in [0, 0.05) is 11.6 Å². The largest absolute Gasteiger partial charge is 0.488 e. The molecule has 4 heteroatoms. The van der Waals surface area contributed by atoms with E-state index in [1.54, 1.807) is 4.57 Å². The third kappa shape index (κ3) is 3.42. The van der Waals surface area contributed by atoms with Crippen molar-refractivity contribution in [2.75, 3.05) is 0 Å². The van der Waals surface area contributed by atoms with E-state index in [0.717, 1.165) is 27.8 Å². The molecule has 0 radical (unpaired) electrons. The molecule has 0 spiro atoms. The second-order valence-corrected chi connectivity index (χ2v) is 6.34. The van der Waals surface area contributed by atoms with Crippen molar-refractivity contribution in [3.8, 4) is 5.75 Å². The molecule has 1 aromatic heterocycles. The van der Waals surface area contributed by atoms with Gasteiger partial charge >= 0.3 is 5.97 Å². The SMILES string of the molecule is O=C(O)C(c1ccccc1)n1ccc2c(OCc3ccccc3)cccc21. The summed E-state index contributed by atoms with van der Waals surface area (Å²) < 4.78 is 7.78. The van der Waals surface area contributed by atoms with Crippen molar-refractivity contribution < 1.29 is 14.6 Å². The normalized spacial score (nSPS) is 12.0. The molecule has 4 aromatic rings. The average Bonchev–Trinajstić information content (AvgIpc) is 3.12. The van der Waals surface area contributed by atoms with Gasteiger partial charge in [0.2, 0.25) is 0 Å². The first-order valence-corrected chi connectivity index (χ1v) is 8.78. The van der Waals surface area contributed by atoms with Crippen LogP contribution in [0, 0.1) is 0 Å². The molecule has 0 aliphatic carbocycles. The van der Waals surface area contributed by atoms with E-state index in [-0.39, 0.29) is 0 Å². The number of ether oxygens (including phenoxy) is 1. The maximum absolute atomic E-state index is 12.0. The van der Waals surface area contributed by atoms with Gasteiger partial charge in [0.05, 0.1) is 5.52 Å². The Labute approximate surface area is 157 Å². The van der Waals surface area contributed by atoms with Crippen LogP contribution in [0.4, 0.5) is 0 Å². The van der Waals surface area contributed by atoms with Gasteiger partial charge in [0.1, 0.15) is 12.4 Å². The number of aromatic nitrogens is 1. The summed E-state index contributed by atoms with van der Waals surface area (Å²) in [6.07, 6.45) is 1.81. The van der Waals surface area contributed by atoms with Crippen LogP contribution in [0.5, 0.6) is 5.75 Å². The molecule has 1 N–H and O–H groups in total. The molecule has 0 fully saturated rings. The van der Waals surface area contributed by atoms with Crippen LogP contribution in [0.3, 0.4) is 0 Å². The maximum atomic E-state index is 12.0. The summed E-state index contributed by atoms with van der Waals surface area (Å²) in [5.41, 5.74) is 2.65. The zero-order chi connectivity index (χ0) is 18.6. The lowest BCUT2D eigenvalue weighted by atomic mass is 10.1. The molecule has 0 saturated carbocycles. The highest BCUT2D eigenvalue weighted by atomic mass is 16.5. The average molecular weight is 357 g/mol. The first-order chi connectivity index (χ1) is 13.2. The summed E-state index contributed by atoms with van der Waals surface area (Å²) >= 11 is 0. The molecule has 3 aromatic carbocycles. The zero-order valence-corrected chi connectivity index (χ0v) is 14.7. The van der Waals surface area contributed by atoms with E-state index >= 15 is 0 Å². The number of carboxylic acid groups (broad SMARTS) is 1. The van der Waals surface area contributed by atoms with Gasteiger partial charge in [0.25, 0.3) is 0 Å². The first kappa shape index (κ1) is 16.9. The smallest absolute Gasteiger partial charge is 0.331 e. The molecule has 0 bridgehead atoms. The lowest BCUT2D eigenvalue weighted by Gasteiger charge is -2.17. The Balaban J connectivity index is 1.70. The monoisotopic (exact) mass is 357 g/mol. The van der Waals surface area contributed by atoms with Crippen molar-refractivity contribution in [1.29, 1.82) is 0 Å². The van der Waals surface area contributed by atoms with E-state index in [0.29, 0.717) is 6.61 Å². The van der Waals surface area contributed by atoms with E-state index in [1.165, 1.54) is 0 Å². The summed E-state index contributed by atoms with van der Waals surface area (Å²) in [6, 6.07) is 26.1. The number of nitrogens with zero attached hydrogens (tertiary/aromatic N) is 1. The molecule has 0 amide bonds. The highest BCUT2D eigenvalue weighted by molar-refractivity contribution is 5.89. The van der Waals surface area contributed by atoms with Crippen molar-refractivity contribution in [2.24, 2.45) is 0 Å². The Hall–Kier alpha value is -3.53. The molecule has 0 aliphatic rings. The second-order valence-electron chi connectivity index (χ2n) is 6.34. The van der Waals surface area contributed by atoms with Gasteiger partial charge in [-0.05, 0) is 29.3 Å². The van der Waals surface area contributed by atoms with Crippen molar-refractivity contribution in [3.63, 3.8) is 0 Å². The first-order valence-electron chi connectivity index (χ1n) is 8.78. The van der Waals surface area contributed by atoms with Crippen LogP contribution in [0.25, 0.3) is 10.9 Å². The summed E-state index contributed by atoms with van der Waals surface area (Å²) in [6.45, 7) is 0.464. The van der Waals surface area contributed by atoms with Crippen LogP contribution in [-0.2, 0) is 11.4 Å². The van der Waals surface area contributed by atoms with Gasteiger partial charge in [0.15, 0.2) is 6.04 Å². The minimum absolute atomic E-state index is 0.464. The van der Waals surface area contributed by atoms with Crippen LogP contribution in [-0.4, -0.2) is 15.6 Å². The fourth-order valence-corrected chi connectivity index (χ4v) is 3.30. The summed E-state index contributed by atoms with van der Waals surface area (Å²) in [7, 11) is 0. The maximum Gasteiger partial charge on any atom is 0.331 e. The zero-order valence-electron chi connectivity index (χ0n) is 14.7. The van der Waals surface area contributed by atoms with Gasteiger partial charge in [-0.1, -0.05) is 66.7 Å². The Morgan fingerprint density at radius 2 is 1.59 bits per heavy atom. The van der Waals surface area contributed by atoms with Gasteiger partial charge in [-0.3, -0.25) is 0 Å². The van der Waals surface area contributed by atoms with Crippen molar-refractivity contribution >= 4 is 16.9 Å². The predicted octanol–water partition coefficient (Wildman–Crippen LogP) is 4.89.